The molecule has 0 aliphatic heterocycles. The van der Waals surface area contributed by atoms with Gasteiger partial charge in [0.05, 0.1) is 17.3 Å². The molecule has 1 aromatic carbocycles. The van der Waals surface area contributed by atoms with E-state index in [9.17, 15) is 18.0 Å². The van der Waals surface area contributed by atoms with E-state index in [2.05, 4.69) is 20.5 Å². The smallest absolute Gasteiger partial charge is 0.345 e. The lowest BCUT2D eigenvalue weighted by Gasteiger charge is -2.11. The molecule has 4 aromatic rings. The molecule has 0 radical (unpaired) electrons. The summed E-state index contributed by atoms with van der Waals surface area (Å²) < 4.78 is 43.3. The number of halogens is 5. The molecule has 0 fully saturated rings. The van der Waals surface area contributed by atoms with E-state index in [-0.39, 0.29) is 23.6 Å². The number of carbonyl (C=O) groups excluding carboxylic acids is 1. The van der Waals surface area contributed by atoms with Gasteiger partial charge in [-0.05, 0) is 25.1 Å². The Labute approximate surface area is 189 Å². The maximum Gasteiger partial charge on any atom is 0.433 e. The van der Waals surface area contributed by atoms with Crippen LogP contribution in [0.2, 0.25) is 10.0 Å². The molecule has 0 bridgehead atoms. The van der Waals surface area contributed by atoms with Gasteiger partial charge in [0, 0.05) is 29.4 Å². The van der Waals surface area contributed by atoms with Gasteiger partial charge in [-0.15, -0.1) is 0 Å². The van der Waals surface area contributed by atoms with Gasteiger partial charge in [-0.2, -0.15) is 23.4 Å². The molecule has 1 N–H and O–H groups in total. The predicted molar refractivity (Wildman–Crippen MR) is 113 cm³/mol. The van der Waals surface area contributed by atoms with E-state index in [1.165, 1.54) is 6.07 Å². The van der Waals surface area contributed by atoms with Crippen molar-refractivity contribution in [3.05, 3.63) is 69.7 Å². The Morgan fingerprint density at radius 2 is 1.84 bits per heavy atom. The minimum Gasteiger partial charge on any atom is -0.345 e. The standard InChI is InChI=1S/C20H15Cl2F3N6O/c1-2-30-10-13(22)16(28-30)9-26-19(32)15-8-18-27-14(11-3-5-12(21)6-4-11)7-17(20(23,24)25)31(18)29-15/h3-8,10H,2,9H2,1H3,(H,26,32). The van der Waals surface area contributed by atoms with Crippen LogP contribution in [0.5, 0.6) is 0 Å². The number of nitrogens with zero attached hydrogens (tertiary/aromatic N) is 5. The Morgan fingerprint density at radius 1 is 1.12 bits per heavy atom. The van der Waals surface area contributed by atoms with Crippen LogP contribution in [0, 0.1) is 0 Å². The molecule has 0 unspecified atom stereocenters. The van der Waals surface area contributed by atoms with Crippen molar-refractivity contribution in [3.8, 4) is 11.3 Å². The summed E-state index contributed by atoms with van der Waals surface area (Å²) >= 11 is 11.9. The molecule has 12 heteroatoms. The Kier molecular flexibility index (Phi) is 5.83. The number of nitrogens with one attached hydrogen (secondary N) is 1. The summed E-state index contributed by atoms with van der Waals surface area (Å²) in [5.74, 6) is -0.682. The number of hydrogen-bond acceptors (Lipinski definition) is 4. The summed E-state index contributed by atoms with van der Waals surface area (Å²) in [6, 6.07) is 8.29. The van der Waals surface area contributed by atoms with Crippen molar-refractivity contribution in [1.82, 2.24) is 29.7 Å². The molecule has 0 aliphatic carbocycles. The first-order valence-electron chi connectivity index (χ1n) is 9.39. The monoisotopic (exact) mass is 482 g/mol. The normalized spacial score (nSPS) is 11.8. The molecule has 0 saturated carbocycles. The summed E-state index contributed by atoms with van der Waals surface area (Å²) in [5, 5.41) is 11.4. The number of alkyl halides is 3. The van der Waals surface area contributed by atoms with Gasteiger partial charge in [0.2, 0.25) is 0 Å². The molecule has 32 heavy (non-hydrogen) atoms. The SMILES string of the molecule is CCn1cc(Cl)c(CNC(=O)c2cc3nc(-c4ccc(Cl)cc4)cc(C(F)(F)F)n3n2)n1. The number of benzene rings is 1. The molecule has 0 saturated heterocycles. The molecule has 4 rings (SSSR count). The molecule has 0 spiro atoms. The highest BCUT2D eigenvalue weighted by atomic mass is 35.5. The van der Waals surface area contributed by atoms with Crippen molar-refractivity contribution in [2.75, 3.05) is 0 Å². The number of aryl methyl sites for hydroxylation is 1. The van der Waals surface area contributed by atoms with Crippen molar-refractivity contribution < 1.29 is 18.0 Å². The van der Waals surface area contributed by atoms with E-state index in [4.69, 9.17) is 23.2 Å². The summed E-state index contributed by atoms with van der Waals surface area (Å²) in [7, 11) is 0. The van der Waals surface area contributed by atoms with Crippen LogP contribution in [0.1, 0.15) is 28.8 Å². The Balaban J connectivity index is 1.68. The van der Waals surface area contributed by atoms with Crippen molar-refractivity contribution in [2.24, 2.45) is 0 Å². The van der Waals surface area contributed by atoms with Crippen LogP contribution >= 0.6 is 23.2 Å². The number of amides is 1. The second kappa shape index (κ2) is 8.44. The lowest BCUT2D eigenvalue weighted by Crippen LogP contribution is -2.24. The average molecular weight is 483 g/mol. The van der Waals surface area contributed by atoms with E-state index in [1.54, 1.807) is 35.1 Å². The molecule has 3 heterocycles. The van der Waals surface area contributed by atoms with E-state index >= 15 is 0 Å². The van der Waals surface area contributed by atoms with E-state index < -0.39 is 17.8 Å². The fraction of sp³-hybridized carbons (Fsp3) is 0.200. The first-order valence-corrected chi connectivity index (χ1v) is 10.1. The maximum atomic E-state index is 13.7. The molecule has 0 atom stereocenters. The number of carbonyl (C=O) groups is 1. The molecule has 0 aliphatic rings. The van der Waals surface area contributed by atoms with E-state index in [0.29, 0.717) is 32.4 Å². The van der Waals surface area contributed by atoms with Gasteiger partial charge < -0.3 is 5.32 Å². The van der Waals surface area contributed by atoms with Gasteiger partial charge in [-0.1, -0.05) is 35.3 Å². The van der Waals surface area contributed by atoms with Crippen LogP contribution in [0.3, 0.4) is 0 Å². The van der Waals surface area contributed by atoms with Gasteiger partial charge >= 0.3 is 6.18 Å². The second-order valence-corrected chi connectivity index (χ2v) is 7.64. The third-order valence-corrected chi connectivity index (χ3v) is 5.19. The quantitative estimate of drug-likeness (QED) is 0.440. The van der Waals surface area contributed by atoms with Gasteiger partial charge in [0.25, 0.3) is 5.91 Å². The van der Waals surface area contributed by atoms with Gasteiger partial charge in [0.1, 0.15) is 5.69 Å². The fourth-order valence-corrected chi connectivity index (χ4v) is 3.37. The molecule has 166 valence electrons. The van der Waals surface area contributed by atoms with Crippen molar-refractivity contribution in [1.29, 1.82) is 0 Å². The zero-order chi connectivity index (χ0) is 23.0. The topological polar surface area (TPSA) is 77.1 Å². The number of rotatable bonds is 5. The predicted octanol–water partition coefficient (Wildman–Crippen LogP) is 4.87. The van der Waals surface area contributed by atoms with Crippen molar-refractivity contribution >= 4 is 34.8 Å². The van der Waals surface area contributed by atoms with Gasteiger partial charge in [-0.3, -0.25) is 9.48 Å². The number of aromatic nitrogens is 5. The lowest BCUT2D eigenvalue weighted by atomic mass is 10.1. The third-order valence-electron chi connectivity index (χ3n) is 4.62. The van der Waals surface area contributed by atoms with Crippen molar-refractivity contribution in [3.63, 3.8) is 0 Å². The van der Waals surface area contributed by atoms with Crippen LogP contribution in [-0.2, 0) is 19.3 Å². The van der Waals surface area contributed by atoms with Crippen LogP contribution in [-0.4, -0.2) is 30.3 Å². The van der Waals surface area contributed by atoms with Gasteiger partial charge in [0.15, 0.2) is 17.0 Å². The van der Waals surface area contributed by atoms with Crippen LogP contribution in [0.4, 0.5) is 13.2 Å². The van der Waals surface area contributed by atoms with Gasteiger partial charge in [-0.25, -0.2) is 9.50 Å². The number of hydrogen-bond donors (Lipinski definition) is 1. The lowest BCUT2D eigenvalue weighted by molar-refractivity contribution is -0.142. The Bertz CT molecular complexity index is 1300. The molecule has 7 nitrogen and oxygen atoms in total. The first-order chi connectivity index (χ1) is 15.2. The molecule has 3 aromatic heterocycles. The van der Waals surface area contributed by atoms with E-state index in [0.717, 1.165) is 6.07 Å². The second-order valence-electron chi connectivity index (χ2n) is 6.79. The molecule has 1 amide bonds. The molecular formula is C20H15Cl2F3N6O. The fourth-order valence-electron chi connectivity index (χ4n) is 3.03. The van der Waals surface area contributed by atoms with Crippen LogP contribution in [0.25, 0.3) is 16.9 Å². The number of fused-ring (bicyclic) bond motifs is 1. The minimum absolute atomic E-state index is 0.00583. The van der Waals surface area contributed by atoms with Crippen LogP contribution in [0.15, 0.2) is 42.6 Å². The zero-order valence-electron chi connectivity index (χ0n) is 16.5. The highest BCUT2D eigenvalue weighted by Gasteiger charge is 2.35. The zero-order valence-corrected chi connectivity index (χ0v) is 18.0. The van der Waals surface area contributed by atoms with E-state index in [1.807, 2.05) is 6.92 Å². The van der Waals surface area contributed by atoms with Crippen LogP contribution < -0.4 is 5.32 Å². The minimum atomic E-state index is -4.72. The highest BCUT2D eigenvalue weighted by molar-refractivity contribution is 6.31. The summed E-state index contributed by atoms with van der Waals surface area (Å²) in [6.45, 7) is 2.47. The summed E-state index contributed by atoms with van der Waals surface area (Å²) in [6.07, 6.45) is -3.10. The maximum absolute atomic E-state index is 13.7. The summed E-state index contributed by atoms with van der Waals surface area (Å²) in [4.78, 5) is 16.8. The van der Waals surface area contributed by atoms with Crippen molar-refractivity contribution in [2.45, 2.75) is 26.2 Å². The first kappa shape index (κ1) is 22.1. The Morgan fingerprint density at radius 3 is 2.47 bits per heavy atom. The highest BCUT2D eigenvalue weighted by Crippen LogP contribution is 2.32. The average Bonchev–Trinajstić information content (AvgIpc) is 3.34. The molecular weight excluding hydrogens is 468 g/mol. The largest absolute Gasteiger partial charge is 0.433 e. The third kappa shape index (κ3) is 4.42. The summed E-state index contributed by atoms with van der Waals surface area (Å²) in [5.41, 5.74) is -0.451. The Hall–Kier alpha value is -3.11.